The van der Waals surface area contributed by atoms with Crippen molar-refractivity contribution in [3.63, 3.8) is 0 Å². The summed E-state index contributed by atoms with van der Waals surface area (Å²) in [6, 6.07) is 0. The Kier molecular flexibility index (Phi) is 3.29. The van der Waals surface area contributed by atoms with Crippen LogP contribution in [0.15, 0.2) is 12.2 Å². The Morgan fingerprint density at radius 2 is 2.50 bits per heavy atom. The summed E-state index contributed by atoms with van der Waals surface area (Å²) < 4.78 is 4.83. The molecular weight excluding hydrogens is 154 g/mol. The zero-order valence-electron chi connectivity index (χ0n) is 7.51. The third-order valence-corrected chi connectivity index (χ3v) is 1.89. The largest absolute Gasteiger partial charge is 0.465 e. The summed E-state index contributed by atoms with van der Waals surface area (Å²) in [7, 11) is 0. The zero-order chi connectivity index (χ0) is 8.97. The molecule has 1 saturated heterocycles. The quantitative estimate of drug-likeness (QED) is 0.462. The molecule has 3 heteroatoms. The lowest BCUT2D eigenvalue weighted by Crippen LogP contribution is -2.28. The monoisotopic (exact) mass is 169 g/mol. The van der Waals surface area contributed by atoms with E-state index in [0.717, 1.165) is 19.5 Å². The molecule has 0 atom stereocenters. The van der Waals surface area contributed by atoms with Gasteiger partial charge in [-0.3, -0.25) is 9.69 Å². The first-order valence-corrected chi connectivity index (χ1v) is 4.27. The van der Waals surface area contributed by atoms with Crippen LogP contribution in [0.5, 0.6) is 0 Å². The van der Waals surface area contributed by atoms with E-state index in [9.17, 15) is 4.79 Å². The number of rotatable bonds is 3. The summed E-state index contributed by atoms with van der Waals surface area (Å²) in [5.74, 6) is -0.132. The third-order valence-electron chi connectivity index (χ3n) is 1.89. The maximum Gasteiger partial charge on any atom is 0.320 e. The van der Waals surface area contributed by atoms with E-state index in [-0.39, 0.29) is 5.97 Å². The van der Waals surface area contributed by atoms with Crippen LogP contribution in [0.1, 0.15) is 13.3 Å². The molecule has 1 rings (SSSR count). The van der Waals surface area contributed by atoms with Crippen molar-refractivity contribution in [3.05, 3.63) is 12.2 Å². The van der Waals surface area contributed by atoms with E-state index in [2.05, 4.69) is 11.5 Å². The molecule has 1 aliphatic rings. The van der Waals surface area contributed by atoms with Crippen LogP contribution in [0.25, 0.3) is 0 Å². The number of hydrogen-bond acceptors (Lipinski definition) is 3. The number of hydrogen-bond donors (Lipinski definition) is 0. The summed E-state index contributed by atoms with van der Waals surface area (Å²) in [6.07, 6.45) is 1.01. The Morgan fingerprint density at radius 1 is 1.75 bits per heavy atom. The molecule has 0 aromatic heterocycles. The van der Waals surface area contributed by atoms with Gasteiger partial charge in [0.25, 0.3) is 0 Å². The first kappa shape index (κ1) is 9.26. The molecule has 68 valence electrons. The molecule has 1 heterocycles. The molecule has 0 aromatic rings. The molecule has 12 heavy (non-hydrogen) atoms. The van der Waals surface area contributed by atoms with Crippen LogP contribution in [0.3, 0.4) is 0 Å². The molecule has 0 bridgehead atoms. The fraction of sp³-hybridized carbons (Fsp3) is 0.667. The summed E-state index contributed by atoms with van der Waals surface area (Å²) in [4.78, 5) is 13.1. The van der Waals surface area contributed by atoms with Gasteiger partial charge in [0.2, 0.25) is 0 Å². The topological polar surface area (TPSA) is 29.5 Å². The molecule has 0 amide bonds. The molecule has 0 aliphatic carbocycles. The number of carbonyl (C=O) groups excluding carboxylic acids is 1. The van der Waals surface area contributed by atoms with Crippen molar-refractivity contribution in [2.45, 2.75) is 13.3 Å². The van der Waals surface area contributed by atoms with E-state index >= 15 is 0 Å². The summed E-state index contributed by atoms with van der Waals surface area (Å²) in [5.41, 5.74) is 1.21. The minimum absolute atomic E-state index is 0.132. The highest BCUT2D eigenvalue weighted by molar-refractivity contribution is 5.71. The highest BCUT2D eigenvalue weighted by atomic mass is 16.5. The Morgan fingerprint density at radius 3 is 3.00 bits per heavy atom. The van der Waals surface area contributed by atoms with Gasteiger partial charge < -0.3 is 4.74 Å². The van der Waals surface area contributed by atoms with Gasteiger partial charge >= 0.3 is 5.97 Å². The smallest absolute Gasteiger partial charge is 0.320 e. The van der Waals surface area contributed by atoms with E-state index in [1.165, 1.54) is 5.57 Å². The van der Waals surface area contributed by atoms with Gasteiger partial charge in [-0.1, -0.05) is 12.2 Å². The predicted octanol–water partition coefficient (Wildman–Crippen LogP) is 0.811. The van der Waals surface area contributed by atoms with Gasteiger partial charge in [0, 0.05) is 13.1 Å². The van der Waals surface area contributed by atoms with Crippen molar-refractivity contribution in [2.24, 2.45) is 0 Å². The minimum atomic E-state index is -0.132. The normalized spacial score (nSPS) is 18.2. The van der Waals surface area contributed by atoms with Crippen molar-refractivity contribution in [3.8, 4) is 0 Å². The van der Waals surface area contributed by atoms with Crippen molar-refractivity contribution >= 4 is 5.97 Å². The molecule has 0 spiro atoms. The van der Waals surface area contributed by atoms with Gasteiger partial charge in [0.1, 0.15) is 0 Å². The second-order valence-corrected chi connectivity index (χ2v) is 3.02. The first-order valence-electron chi connectivity index (χ1n) is 4.27. The zero-order valence-corrected chi connectivity index (χ0v) is 7.51. The predicted molar refractivity (Wildman–Crippen MR) is 46.8 cm³/mol. The molecule has 0 radical (unpaired) electrons. The third kappa shape index (κ3) is 2.66. The molecule has 1 aliphatic heterocycles. The van der Waals surface area contributed by atoms with Gasteiger partial charge in [-0.25, -0.2) is 0 Å². The standard InChI is InChI=1S/C9H15NO2/c1-3-12-9(11)7-10-5-4-8(2)6-10/h2-7H2,1H3. The van der Waals surface area contributed by atoms with Crippen LogP contribution in [0.4, 0.5) is 0 Å². The van der Waals surface area contributed by atoms with Crippen LogP contribution in [-0.4, -0.2) is 37.1 Å². The lowest BCUT2D eigenvalue weighted by molar-refractivity contribution is -0.144. The lowest BCUT2D eigenvalue weighted by atomic mass is 10.3. The van der Waals surface area contributed by atoms with Crippen LogP contribution >= 0.6 is 0 Å². The Hall–Kier alpha value is -0.830. The lowest BCUT2D eigenvalue weighted by Gasteiger charge is -2.12. The summed E-state index contributed by atoms with van der Waals surface area (Å²) >= 11 is 0. The Bertz CT molecular complexity index is 189. The van der Waals surface area contributed by atoms with Crippen LogP contribution in [-0.2, 0) is 9.53 Å². The molecule has 1 fully saturated rings. The van der Waals surface area contributed by atoms with Crippen LogP contribution in [0, 0.1) is 0 Å². The van der Waals surface area contributed by atoms with Gasteiger partial charge in [0.05, 0.1) is 13.2 Å². The second-order valence-electron chi connectivity index (χ2n) is 3.02. The number of ether oxygens (including phenoxy) is 1. The molecule has 3 nitrogen and oxygen atoms in total. The van der Waals surface area contributed by atoms with E-state index in [4.69, 9.17) is 4.74 Å². The first-order chi connectivity index (χ1) is 5.72. The fourth-order valence-corrected chi connectivity index (χ4v) is 1.31. The Labute approximate surface area is 73.0 Å². The molecule has 0 saturated carbocycles. The average molecular weight is 169 g/mol. The molecule has 0 N–H and O–H groups in total. The minimum Gasteiger partial charge on any atom is -0.465 e. The maximum atomic E-state index is 11.0. The Balaban J connectivity index is 2.23. The van der Waals surface area contributed by atoms with Gasteiger partial charge in [0.15, 0.2) is 0 Å². The summed E-state index contributed by atoms with van der Waals surface area (Å²) in [6.45, 7) is 8.35. The van der Waals surface area contributed by atoms with Crippen molar-refractivity contribution in [1.29, 1.82) is 0 Å². The number of nitrogens with zero attached hydrogens (tertiary/aromatic N) is 1. The number of esters is 1. The second kappa shape index (κ2) is 4.26. The van der Waals surface area contributed by atoms with Crippen molar-refractivity contribution in [1.82, 2.24) is 4.90 Å². The highest BCUT2D eigenvalue weighted by Gasteiger charge is 2.17. The highest BCUT2D eigenvalue weighted by Crippen LogP contribution is 2.11. The van der Waals surface area contributed by atoms with Gasteiger partial charge in [-0.05, 0) is 13.3 Å². The number of carbonyl (C=O) groups is 1. The van der Waals surface area contributed by atoms with E-state index in [1.54, 1.807) is 0 Å². The van der Waals surface area contributed by atoms with Crippen LogP contribution < -0.4 is 0 Å². The molecule has 0 aromatic carbocycles. The van der Waals surface area contributed by atoms with Gasteiger partial charge in [-0.15, -0.1) is 0 Å². The maximum absolute atomic E-state index is 11.0. The number of likely N-dealkylation sites (tertiary alicyclic amines) is 1. The average Bonchev–Trinajstić information content (AvgIpc) is 2.36. The fourth-order valence-electron chi connectivity index (χ4n) is 1.31. The van der Waals surface area contributed by atoms with Gasteiger partial charge in [-0.2, -0.15) is 0 Å². The summed E-state index contributed by atoms with van der Waals surface area (Å²) in [5, 5.41) is 0. The van der Waals surface area contributed by atoms with E-state index in [1.807, 2.05) is 6.92 Å². The van der Waals surface area contributed by atoms with Crippen molar-refractivity contribution in [2.75, 3.05) is 26.2 Å². The SMILES string of the molecule is C=C1CCN(CC(=O)OCC)C1. The van der Waals surface area contributed by atoms with E-state index in [0.29, 0.717) is 13.2 Å². The molecular formula is C9H15NO2. The van der Waals surface area contributed by atoms with Crippen LogP contribution in [0.2, 0.25) is 0 Å². The van der Waals surface area contributed by atoms with Crippen molar-refractivity contribution < 1.29 is 9.53 Å². The molecule has 0 unspecified atom stereocenters. The van der Waals surface area contributed by atoms with E-state index < -0.39 is 0 Å².